The molecule has 0 spiro atoms. The molecule has 148 valence electrons. The predicted molar refractivity (Wildman–Crippen MR) is 111 cm³/mol. The Kier molecular flexibility index (Phi) is 5.44. The molecule has 29 heavy (non-hydrogen) atoms. The zero-order chi connectivity index (χ0) is 20.2. The van der Waals surface area contributed by atoms with Gasteiger partial charge in [0.15, 0.2) is 11.6 Å². The van der Waals surface area contributed by atoms with E-state index < -0.39 is 0 Å². The Hall–Kier alpha value is -3.38. The van der Waals surface area contributed by atoms with Gasteiger partial charge >= 0.3 is 0 Å². The van der Waals surface area contributed by atoms with Crippen LogP contribution in [-0.2, 0) is 6.54 Å². The van der Waals surface area contributed by atoms with Crippen LogP contribution < -0.4 is 15.6 Å². The van der Waals surface area contributed by atoms with E-state index in [1.54, 1.807) is 17.9 Å². The van der Waals surface area contributed by atoms with Crippen LogP contribution in [0, 0.1) is 0 Å². The number of nitrogens with zero attached hydrogens (tertiary/aromatic N) is 2. The van der Waals surface area contributed by atoms with E-state index in [1.165, 1.54) is 0 Å². The maximum atomic E-state index is 13.4. The highest BCUT2D eigenvalue weighted by Gasteiger charge is 2.23. The van der Waals surface area contributed by atoms with Gasteiger partial charge in [0.05, 0.1) is 30.0 Å². The first kappa shape index (κ1) is 19.0. The summed E-state index contributed by atoms with van der Waals surface area (Å²) in [5, 5.41) is 2.77. The highest BCUT2D eigenvalue weighted by Crippen LogP contribution is 2.20. The van der Waals surface area contributed by atoms with Gasteiger partial charge in [-0.1, -0.05) is 19.1 Å². The third-order valence-electron chi connectivity index (χ3n) is 5.09. The van der Waals surface area contributed by atoms with Crippen LogP contribution in [0.15, 0.2) is 76.1 Å². The summed E-state index contributed by atoms with van der Waals surface area (Å²) in [6.45, 7) is 2.78. The fourth-order valence-corrected chi connectivity index (χ4v) is 3.52. The van der Waals surface area contributed by atoms with Crippen LogP contribution in [0.3, 0.4) is 0 Å². The molecule has 0 bridgehead atoms. The van der Waals surface area contributed by atoms with Gasteiger partial charge in [0.25, 0.3) is 5.56 Å². The van der Waals surface area contributed by atoms with Crippen molar-refractivity contribution in [3.05, 3.63) is 88.9 Å². The Morgan fingerprint density at radius 3 is 2.59 bits per heavy atom. The van der Waals surface area contributed by atoms with Crippen LogP contribution in [0.1, 0.15) is 31.0 Å². The number of nitrogens with two attached hydrogens (primary N) is 1. The molecule has 2 aromatic heterocycles. The van der Waals surface area contributed by atoms with Crippen molar-refractivity contribution in [1.82, 2.24) is 9.55 Å². The average molecular weight is 390 g/mol. The summed E-state index contributed by atoms with van der Waals surface area (Å²) in [5.41, 5.74) is 1.41. The molecule has 1 atom stereocenters. The van der Waals surface area contributed by atoms with Crippen molar-refractivity contribution in [2.24, 2.45) is 0 Å². The Labute approximate surface area is 168 Å². The molecule has 2 heterocycles. The summed E-state index contributed by atoms with van der Waals surface area (Å²) >= 11 is 0. The van der Waals surface area contributed by atoms with Crippen LogP contribution in [0.25, 0.3) is 16.6 Å². The summed E-state index contributed by atoms with van der Waals surface area (Å²) in [5.74, 6) is 2.36. The average Bonchev–Trinajstić information content (AvgIpc) is 3.28. The molecule has 0 saturated heterocycles. The quantitative estimate of drug-likeness (QED) is 0.526. The van der Waals surface area contributed by atoms with Gasteiger partial charge in [0.1, 0.15) is 18.3 Å². The Balaban J connectivity index is 1.84. The van der Waals surface area contributed by atoms with Gasteiger partial charge in [-0.05, 0) is 48.5 Å². The number of hydrogen-bond acceptors (Lipinski definition) is 4. The molecule has 4 aromatic rings. The number of fused-ring (bicyclic) bond motifs is 1. The monoisotopic (exact) mass is 390 g/mol. The standard InChI is InChI=1S/C23H23N3O3/c1-3-20(24-15-18-7-6-14-29-18)22-25-21-9-5-4-8-19(21)23(27)26(22)16-10-12-17(28-2)13-11-16/h4-14,20,24H,3,15H2,1-2H3/p+1/t20-/m0/s1. The van der Waals surface area contributed by atoms with Gasteiger partial charge in [-0.15, -0.1) is 0 Å². The number of furan rings is 1. The molecule has 0 aliphatic rings. The number of quaternary nitrogens is 1. The maximum Gasteiger partial charge on any atom is 0.266 e. The van der Waals surface area contributed by atoms with E-state index in [4.69, 9.17) is 14.1 Å². The Morgan fingerprint density at radius 2 is 1.90 bits per heavy atom. The Bertz CT molecular complexity index is 1150. The van der Waals surface area contributed by atoms with Crippen molar-refractivity contribution >= 4 is 10.9 Å². The van der Waals surface area contributed by atoms with Crippen molar-refractivity contribution in [3.63, 3.8) is 0 Å². The molecule has 4 rings (SSSR count). The van der Waals surface area contributed by atoms with Gasteiger partial charge in [-0.25, -0.2) is 4.98 Å². The molecule has 0 saturated carbocycles. The minimum absolute atomic E-state index is 0.000456. The van der Waals surface area contributed by atoms with Gasteiger partial charge < -0.3 is 14.5 Å². The third-order valence-corrected chi connectivity index (χ3v) is 5.09. The van der Waals surface area contributed by atoms with Crippen molar-refractivity contribution in [2.45, 2.75) is 25.9 Å². The zero-order valence-corrected chi connectivity index (χ0v) is 16.5. The summed E-state index contributed by atoms with van der Waals surface area (Å²) < 4.78 is 12.4. The smallest absolute Gasteiger partial charge is 0.266 e. The summed E-state index contributed by atoms with van der Waals surface area (Å²) in [7, 11) is 1.63. The molecule has 0 unspecified atom stereocenters. The first-order valence-corrected chi connectivity index (χ1v) is 9.73. The molecule has 0 aliphatic carbocycles. The van der Waals surface area contributed by atoms with Crippen molar-refractivity contribution < 1.29 is 14.5 Å². The first-order chi connectivity index (χ1) is 14.2. The number of benzene rings is 2. The number of ether oxygens (including phenoxy) is 1. The lowest BCUT2D eigenvalue weighted by Crippen LogP contribution is -2.84. The molecule has 0 radical (unpaired) electrons. The SMILES string of the molecule is CC[C@H]([NH2+]Cc1ccco1)c1nc2ccccc2c(=O)n1-c1ccc(OC)cc1. The normalized spacial score (nSPS) is 12.2. The van der Waals surface area contributed by atoms with E-state index in [1.807, 2.05) is 60.7 Å². The number of rotatable bonds is 7. The second kappa shape index (κ2) is 8.32. The molecule has 0 fully saturated rings. The van der Waals surface area contributed by atoms with Gasteiger partial charge in [-0.2, -0.15) is 0 Å². The Morgan fingerprint density at radius 1 is 1.10 bits per heavy atom. The van der Waals surface area contributed by atoms with Crippen molar-refractivity contribution in [1.29, 1.82) is 0 Å². The summed E-state index contributed by atoms with van der Waals surface area (Å²) in [4.78, 5) is 18.3. The lowest BCUT2D eigenvalue weighted by Gasteiger charge is -2.19. The number of aromatic nitrogens is 2. The van der Waals surface area contributed by atoms with Crippen molar-refractivity contribution in [3.8, 4) is 11.4 Å². The third kappa shape index (κ3) is 3.79. The van der Waals surface area contributed by atoms with Crippen LogP contribution in [-0.4, -0.2) is 16.7 Å². The van der Waals surface area contributed by atoms with Gasteiger partial charge in [-0.3, -0.25) is 9.36 Å². The van der Waals surface area contributed by atoms with E-state index in [0.29, 0.717) is 17.4 Å². The summed E-state index contributed by atoms with van der Waals surface area (Å²) in [6.07, 6.45) is 2.49. The molecule has 2 aromatic carbocycles. The number of para-hydroxylation sites is 1. The lowest BCUT2D eigenvalue weighted by atomic mass is 10.1. The fraction of sp³-hybridized carbons (Fsp3) is 0.217. The highest BCUT2D eigenvalue weighted by atomic mass is 16.5. The maximum absolute atomic E-state index is 13.4. The highest BCUT2D eigenvalue weighted by molar-refractivity contribution is 5.77. The van der Waals surface area contributed by atoms with Gasteiger partial charge in [0.2, 0.25) is 0 Å². The van der Waals surface area contributed by atoms with Crippen LogP contribution in [0.5, 0.6) is 5.75 Å². The van der Waals surface area contributed by atoms with Crippen molar-refractivity contribution in [2.75, 3.05) is 7.11 Å². The fourth-order valence-electron chi connectivity index (χ4n) is 3.52. The largest absolute Gasteiger partial charge is 0.497 e. The molecule has 6 nitrogen and oxygen atoms in total. The van der Waals surface area contributed by atoms with E-state index in [2.05, 4.69) is 12.2 Å². The molecular weight excluding hydrogens is 366 g/mol. The minimum Gasteiger partial charge on any atom is -0.497 e. The minimum atomic E-state index is -0.0689. The molecule has 6 heteroatoms. The van der Waals surface area contributed by atoms with E-state index in [0.717, 1.165) is 29.4 Å². The van der Waals surface area contributed by atoms with Crippen LogP contribution in [0.2, 0.25) is 0 Å². The van der Waals surface area contributed by atoms with E-state index >= 15 is 0 Å². The second-order valence-corrected chi connectivity index (χ2v) is 6.86. The van der Waals surface area contributed by atoms with Crippen LogP contribution in [0.4, 0.5) is 0 Å². The first-order valence-electron chi connectivity index (χ1n) is 9.73. The molecule has 0 aliphatic heterocycles. The van der Waals surface area contributed by atoms with Gasteiger partial charge in [0, 0.05) is 6.42 Å². The van der Waals surface area contributed by atoms with E-state index in [9.17, 15) is 4.79 Å². The van der Waals surface area contributed by atoms with Crippen LogP contribution >= 0.6 is 0 Å². The second-order valence-electron chi connectivity index (χ2n) is 6.86. The predicted octanol–water partition coefficient (Wildman–Crippen LogP) is 3.20. The summed E-state index contributed by atoms with van der Waals surface area (Å²) in [6, 6.07) is 18.8. The molecule has 0 amide bonds. The number of hydrogen-bond donors (Lipinski definition) is 1. The molecule has 2 N–H and O–H groups in total. The molecular formula is C23H24N3O3+. The lowest BCUT2D eigenvalue weighted by molar-refractivity contribution is -0.714. The topological polar surface area (TPSA) is 73.9 Å². The zero-order valence-electron chi connectivity index (χ0n) is 16.5. The number of methoxy groups -OCH3 is 1. The van der Waals surface area contributed by atoms with E-state index in [-0.39, 0.29) is 11.6 Å².